The van der Waals surface area contributed by atoms with E-state index in [1.165, 1.54) is 6.07 Å². The molecule has 1 aliphatic heterocycles. The number of benzene rings is 1. The van der Waals surface area contributed by atoms with Gasteiger partial charge < -0.3 is 15.0 Å². The van der Waals surface area contributed by atoms with Crippen LogP contribution in [0.1, 0.15) is 24.8 Å². The average molecular weight is 263 g/mol. The molecule has 1 unspecified atom stereocenters. The van der Waals surface area contributed by atoms with Gasteiger partial charge in [-0.05, 0) is 37.8 Å². The van der Waals surface area contributed by atoms with Crippen molar-refractivity contribution in [3.05, 3.63) is 23.5 Å². The van der Waals surface area contributed by atoms with Crippen LogP contribution in [0.25, 0.3) is 11.0 Å². The lowest BCUT2D eigenvalue weighted by Crippen LogP contribution is -2.11. The van der Waals surface area contributed by atoms with E-state index in [1.54, 1.807) is 6.92 Å². The van der Waals surface area contributed by atoms with E-state index in [0.29, 0.717) is 23.1 Å². The molecule has 1 atom stereocenters. The number of nitrogen functional groups attached to an aromatic ring is 1. The van der Waals surface area contributed by atoms with Crippen molar-refractivity contribution >= 4 is 17.0 Å². The van der Waals surface area contributed by atoms with Gasteiger partial charge in [-0.1, -0.05) is 0 Å². The van der Waals surface area contributed by atoms with Gasteiger partial charge in [0.2, 0.25) is 5.95 Å². The lowest BCUT2D eigenvalue weighted by Gasteiger charge is -2.11. The van der Waals surface area contributed by atoms with E-state index in [0.717, 1.165) is 37.9 Å². The second kappa shape index (κ2) is 4.81. The molecule has 2 N–H and O–H groups in total. The van der Waals surface area contributed by atoms with E-state index < -0.39 is 0 Å². The number of ether oxygens (including phenoxy) is 1. The molecule has 2 aromatic rings. The monoisotopic (exact) mass is 263 g/mol. The van der Waals surface area contributed by atoms with Gasteiger partial charge in [-0.15, -0.1) is 0 Å². The first kappa shape index (κ1) is 12.4. The van der Waals surface area contributed by atoms with Crippen molar-refractivity contribution in [2.45, 2.75) is 38.8 Å². The Labute approximate surface area is 111 Å². The summed E-state index contributed by atoms with van der Waals surface area (Å²) in [5, 5.41) is 0. The molecular formula is C14H18FN3O. The third-order valence-corrected chi connectivity index (χ3v) is 3.76. The molecule has 1 fully saturated rings. The van der Waals surface area contributed by atoms with Gasteiger partial charge >= 0.3 is 0 Å². The van der Waals surface area contributed by atoms with Crippen LogP contribution in [-0.4, -0.2) is 22.3 Å². The fraction of sp³-hybridized carbons (Fsp3) is 0.500. The summed E-state index contributed by atoms with van der Waals surface area (Å²) in [5.41, 5.74) is 8.06. The number of imidazole rings is 1. The molecule has 1 saturated heterocycles. The first-order valence-electron chi connectivity index (χ1n) is 6.68. The standard InChI is InChI=1S/C14H18FN3O/c1-9-7-13-12(8-11(9)15)17-14(16)18(13)5-4-10-3-2-6-19-10/h7-8,10H,2-6H2,1H3,(H2,16,17). The van der Waals surface area contributed by atoms with E-state index in [4.69, 9.17) is 10.5 Å². The van der Waals surface area contributed by atoms with Crippen LogP contribution >= 0.6 is 0 Å². The Bertz CT molecular complexity index is 602. The number of hydrogen-bond acceptors (Lipinski definition) is 3. The van der Waals surface area contributed by atoms with Crippen molar-refractivity contribution < 1.29 is 9.13 Å². The smallest absolute Gasteiger partial charge is 0.201 e. The lowest BCUT2D eigenvalue weighted by molar-refractivity contribution is 0.101. The van der Waals surface area contributed by atoms with E-state index in [2.05, 4.69) is 4.98 Å². The van der Waals surface area contributed by atoms with Crippen LogP contribution in [-0.2, 0) is 11.3 Å². The molecule has 2 heterocycles. The molecule has 0 bridgehead atoms. The Hall–Kier alpha value is -1.62. The third kappa shape index (κ3) is 2.30. The minimum absolute atomic E-state index is 0.240. The highest BCUT2D eigenvalue weighted by Crippen LogP contribution is 2.23. The van der Waals surface area contributed by atoms with Gasteiger partial charge in [0.05, 0.1) is 17.1 Å². The zero-order valence-corrected chi connectivity index (χ0v) is 11.0. The van der Waals surface area contributed by atoms with Crippen molar-refractivity contribution in [1.82, 2.24) is 9.55 Å². The Morgan fingerprint density at radius 3 is 3.11 bits per heavy atom. The maximum atomic E-state index is 13.5. The van der Waals surface area contributed by atoms with Crippen LogP contribution in [0, 0.1) is 12.7 Å². The summed E-state index contributed by atoms with van der Waals surface area (Å²) in [7, 11) is 0. The van der Waals surface area contributed by atoms with Crippen molar-refractivity contribution in [2.75, 3.05) is 12.3 Å². The summed E-state index contributed by atoms with van der Waals surface area (Å²) in [4.78, 5) is 4.22. The third-order valence-electron chi connectivity index (χ3n) is 3.76. The van der Waals surface area contributed by atoms with Gasteiger partial charge in [-0.25, -0.2) is 9.37 Å². The van der Waals surface area contributed by atoms with Crippen LogP contribution in [0.3, 0.4) is 0 Å². The number of hydrogen-bond donors (Lipinski definition) is 1. The molecule has 3 rings (SSSR count). The van der Waals surface area contributed by atoms with E-state index in [9.17, 15) is 4.39 Å². The largest absolute Gasteiger partial charge is 0.378 e. The zero-order valence-electron chi connectivity index (χ0n) is 11.0. The minimum atomic E-state index is -0.240. The maximum Gasteiger partial charge on any atom is 0.201 e. The fourth-order valence-electron chi connectivity index (χ4n) is 2.65. The number of nitrogens with two attached hydrogens (primary N) is 1. The second-order valence-electron chi connectivity index (χ2n) is 5.14. The number of halogens is 1. The number of rotatable bonds is 3. The molecule has 0 aliphatic carbocycles. The van der Waals surface area contributed by atoms with Crippen LogP contribution in [0.15, 0.2) is 12.1 Å². The van der Waals surface area contributed by atoms with E-state index in [-0.39, 0.29) is 5.82 Å². The van der Waals surface area contributed by atoms with Gasteiger partial charge in [-0.3, -0.25) is 0 Å². The number of aromatic nitrogens is 2. The summed E-state index contributed by atoms with van der Waals surface area (Å²) in [6.45, 7) is 3.37. The summed E-state index contributed by atoms with van der Waals surface area (Å²) >= 11 is 0. The SMILES string of the molecule is Cc1cc2c(cc1F)nc(N)n2CCC1CCCO1. The van der Waals surface area contributed by atoms with Crippen LogP contribution in [0.4, 0.5) is 10.3 Å². The number of fused-ring (bicyclic) bond motifs is 1. The normalized spacial score (nSPS) is 19.4. The quantitative estimate of drug-likeness (QED) is 0.926. The first-order valence-corrected chi connectivity index (χ1v) is 6.68. The summed E-state index contributed by atoms with van der Waals surface area (Å²) in [6.07, 6.45) is 3.49. The highest BCUT2D eigenvalue weighted by molar-refractivity contribution is 5.79. The zero-order chi connectivity index (χ0) is 13.4. The lowest BCUT2D eigenvalue weighted by atomic mass is 10.1. The van der Waals surface area contributed by atoms with Crippen molar-refractivity contribution in [3.8, 4) is 0 Å². The van der Waals surface area contributed by atoms with Crippen molar-refractivity contribution in [3.63, 3.8) is 0 Å². The Morgan fingerprint density at radius 1 is 1.53 bits per heavy atom. The molecule has 4 nitrogen and oxygen atoms in total. The summed E-state index contributed by atoms with van der Waals surface area (Å²) in [5.74, 6) is 0.203. The Morgan fingerprint density at radius 2 is 2.37 bits per heavy atom. The molecule has 0 spiro atoms. The van der Waals surface area contributed by atoms with Crippen LogP contribution in [0.5, 0.6) is 0 Å². The second-order valence-corrected chi connectivity index (χ2v) is 5.14. The summed E-state index contributed by atoms with van der Waals surface area (Å²) < 4.78 is 21.1. The van der Waals surface area contributed by atoms with Gasteiger partial charge in [0, 0.05) is 19.2 Å². The number of aryl methyl sites for hydroxylation is 2. The number of nitrogens with zero attached hydrogens (tertiary/aromatic N) is 2. The van der Waals surface area contributed by atoms with Gasteiger partial charge in [-0.2, -0.15) is 0 Å². The molecule has 0 amide bonds. The van der Waals surface area contributed by atoms with Crippen LogP contribution in [0.2, 0.25) is 0 Å². The molecule has 1 aromatic heterocycles. The van der Waals surface area contributed by atoms with Gasteiger partial charge in [0.25, 0.3) is 0 Å². The highest BCUT2D eigenvalue weighted by Gasteiger charge is 2.17. The molecule has 102 valence electrons. The first-order chi connectivity index (χ1) is 9.15. The fourth-order valence-corrected chi connectivity index (χ4v) is 2.65. The minimum Gasteiger partial charge on any atom is -0.378 e. The molecule has 1 aliphatic rings. The molecule has 19 heavy (non-hydrogen) atoms. The van der Waals surface area contributed by atoms with Gasteiger partial charge in [0.15, 0.2) is 0 Å². The van der Waals surface area contributed by atoms with Crippen molar-refractivity contribution in [2.24, 2.45) is 0 Å². The topological polar surface area (TPSA) is 53.1 Å². The van der Waals surface area contributed by atoms with Gasteiger partial charge in [0.1, 0.15) is 5.82 Å². The predicted molar refractivity (Wildman–Crippen MR) is 72.4 cm³/mol. The molecular weight excluding hydrogens is 245 g/mol. The Balaban J connectivity index is 1.89. The van der Waals surface area contributed by atoms with E-state index >= 15 is 0 Å². The molecule has 0 saturated carbocycles. The van der Waals surface area contributed by atoms with Crippen molar-refractivity contribution in [1.29, 1.82) is 0 Å². The highest BCUT2D eigenvalue weighted by atomic mass is 19.1. The maximum absolute atomic E-state index is 13.5. The molecule has 0 radical (unpaired) electrons. The summed E-state index contributed by atoms with van der Waals surface area (Å²) in [6, 6.07) is 3.26. The molecule has 1 aromatic carbocycles. The average Bonchev–Trinajstić information content (AvgIpc) is 2.96. The predicted octanol–water partition coefficient (Wildman–Crippen LogP) is 2.64. The number of anilines is 1. The van der Waals surface area contributed by atoms with Crippen LogP contribution < -0.4 is 5.73 Å². The van der Waals surface area contributed by atoms with E-state index in [1.807, 2.05) is 10.6 Å². The molecule has 5 heteroatoms. The Kier molecular flexibility index (Phi) is 3.14.